The summed E-state index contributed by atoms with van der Waals surface area (Å²) in [7, 11) is 0. The number of fused-ring (bicyclic) bond motifs is 1. The Kier molecular flexibility index (Phi) is 7.38. The van der Waals surface area contributed by atoms with Gasteiger partial charge in [0.1, 0.15) is 17.5 Å². The summed E-state index contributed by atoms with van der Waals surface area (Å²) in [5.41, 5.74) is 3.05. The molecule has 212 valence electrons. The summed E-state index contributed by atoms with van der Waals surface area (Å²) in [6, 6.07) is 12.2. The molecule has 2 aliphatic heterocycles. The molecular formula is C31H40N6O3. The number of carbonyl (C=O) groups is 2. The number of nitrogens with zero attached hydrogens (tertiary/aromatic N) is 5. The molecule has 3 aliphatic rings. The smallest absolute Gasteiger partial charge is 0.410 e. The molecule has 1 saturated carbocycles. The number of rotatable bonds is 4. The van der Waals surface area contributed by atoms with Crippen LogP contribution in [0.1, 0.15) is 71.6 Å². The van der Waals surface area contributed by atoms with Crippen LogP contribution in [-0.2, 0) is 9.53 Å². The molecule has 0 radical (unpaired) electrons. The van der Waals surface area contributed by atoms with Crippen molar-refractivity contribution in [3.05, 3.63) is 47.7 Å². The fourth-order valence-corrected chi connectivity index (χ4v) is 6.24. The molecule has 0 spiro atoms. The highest BCUT2D eigenvalue weighted by molar-refractivity contribution is 5.94. The van der Waals surface area contributed by atoms with Crippen LogP contribution in [0.3, 0.4) is 0 Å². The maximum Gasteiger partial charge on any atom is 0.410 e. The summed E-state index contributed by atoms with van der Waals surface area (Å²) < 4.78 is 5.63. The molecule has 4 unspecified atom stereocenters. The Hall–Kier alpha value is -3.80. The number of nitrogens with one attached hydrogen (secondary N) is 1. The predicted molar refractivity (Wildman–Crippen MR) is 155 cm³/mol. The monoisotopic (exact) mass is 544 g/mol. The third-order valence-electron chi connectivity index (χ3n) is 8.23. The quantitative estimate of drug-likeness (QED) is 0.555. The molecule has 40 heavy (non-hydrogen) atoms. The van der Waals surface area contributed by atoms with Gasteiger partial charge in [-0.1, -0.05) is 6.92 Å². The van der Waals surface area contributed by atoms with Crippen molar-refractivity contribution in [3.8, 4) is 6.07 Å². The van der Waals surface area contributed by atoms with Crippen LogP contribution in [0, 0.1) is 23.2 Å². The SMILES string of the molecule is CC(=O)N1c2ccc(N3CCN(C(=O)OC(C)(C)C)C(C)C3)cc2C(Nc2ccc(C#N)cn2)C(C)C1C1CC1. The van der Waals surface area contributed by atoms with Crippen LogP contribution in [0.4, 0.5) is 22.0 Å². The molecule has 2 amide bonds. The summed E-state index contributed by atoms with van der Waals surface area (Å²) in [6.07, 6.45) is 3.57. The Morgan fingerprint density at radius 2 is 1.88 bits per heavy atom. The van der Waals surface area contributed by atoms with Crippen molar-refractivity contribution >= 4 is 29.2 Å². The molecule has 9 nitrogen and oxygen atoms in total. The summed E-state index contributed by atoms with van der Waals surface area (Å²) in [5.74, 6) is 1.41. The molecule has 1 saturated heterocycles. The van der Waals surface area contributed by atoms with Crippen LogP contribution in [0.25, 0.3) is 0 Å². The molecule has 1 aliphatic carbocycles. The number of benzene rings is 1. The van der Waals surface area contributed by atoms with E-state index in [0.29, 0.717) is 36.9 Å². The lowest BCUT2D eigenvalue weighted by Gasteiger charge is -2.46. The molecule has 1 aromatic carbocycles. The minimum absolute atomic E-state index is 0.0108. The van der Waals surface area contributed by atoms with E-state index in [4.69, 9.17) is 4.74 Å². The van der Waals surface area contributed by atoms with Crippen LogP contribution in [0.2, 0.25) is 0 Å². The van der Waals surface area contributed by atoms with Gasteiger partial charge in [-0.2, -0.15) is 5.26 Å². The summed E-state index contributed by atoms with van der Waals surface area (Å²) >= 11 is 0. The first-order valence-corrected chi connectivity index (χ1v) is 14.3. The van der Waals surface area contributed by atoms with Crippen molar-refractivity contribution in [1.29, 1.82) is 5.26 Å². The van der Waals surface area contributed by atoms with Crippen LogP contribution >= 0.6 is 0 Å². The average molecular weight is 545 g/mol. The predicted octanol–water partition coefficient (Wildman–Crippen LogP) is 5.33. The average Bonchev–Trinajstić information content (AvgIpc) is 3.74. The third-order valence-corrected chi connectivity index (χ3v) is 8.23. The fourth-order valence-electron chi connectivity index (χ4n) is 6.24. The van der Waals surface area contributed by atoms with Crippen LogP contribution in [0.15, 0.2) is 36.5 Å². The van der Waals surface area contributed by atoms with Crippen molar-refractivity contribution in [3.63, 3.8) is 0 Å². The second-order valence-corrected chi connectivity index (χ2v) is 12.5. The van der Waals surface area contributed by atoms with Crippen LogP contribution in [-0.4, -0.2) is 59.2 Å². The molecule has 3 heterocycles. The number of piperazine rings is 1. The number of aromatic nitrogens is 1. The first kappa shape index (κ1) is 27.8. The third kappa shape index (κ3) is 5.58. The number of hydrogen-bond acceptors (Lipinski definition) is 7. The minimum Gasteiger partial charge on any atom is -0.444 e. The van der Waals surface area contributed by atoms with Gasteiger partial charge in [0, 0.05) is 67.7 Å². The lowest BCUT2D eigenvalue weighted by atomic mass is 9.79. The molecule has 4 atom stereocenters. The Morgan fingerprint density at radius 3 is 2.45 bits per heavy atom. The zero-order chi connectivity index (χ0) is 28.8. The standard InChI is InChI=1S/C31H40N6O3/c1-19-18-35(13-14-36(19)30(39)40-31(4,5)6)24-10-11-26-25(15-24)28(34-27-12-7-22(16-32)17-33-27)20(2)29(23-8-9-23)37(26)21(3)38/h7,10-12,15,17,19-20,23,28-29H,8-9,13-14,18H2,1-6H3,(H,33,34). The van der Waals surface area contributed by atoms with Gasteiger partial charge >= 0.3 is 6.09 Å². The molecule has 2 aromatic rings. The number of hydrogen-bond donors (Lipinski definition) is 1. The van der Waals surface area contributed by atoms with Crippen molar-refractivity contribution in [1.82, 2.24) is 9.88 Å². The highest BCUT2D eigenvalue weighted by Crippen LogP contribution is 2.50. The van der Waals surface area contributed by atoms with E-state index < -0.39 is 5.60 Å². The van der Waals surface area contributed by atoms with E-state index in [2.05, 4.69) is 53.3 Å². The van der Waals surface area contributed by atoms with Gasteiger partial charge in [0.2, 0.25) is 5.91 Å². The summed E-state index contributed by atoms with van der Waals surface area (Å²) in [6.45, 7) is 13.5. The van der Waals surface area contributed by atoms with Gasteiger partial charge in [0.05, 0.1) is 11.6 Å². The maximum absolute atomic E-state index is 13.0. The first-order valence-electron chi connectivity index (χ1n) is 14.3. The first-order chi connectivity index (χ1) is 19.0. The van der Waals surface area contributed by atoms with Gasteiger partial charge < -0.3 is 24.8 Å². The zero-order valence-electron chi connectivity index (χ0n) is 24.3. The number of nitriles is 1. The normalized spacial score (nSPS) is 24.7. The van der Waals surface area contributed by atoms with Crippen molar-refractivity contribution in [2.75, 3.05) is 34.8 Å². The van der Waals surface area contributed by atoms with E-state index in [-0.39, 0.29) is 36.0 Å². The largest absolute Gasteiger partial charge is 0.444 e. The Bertz CT molecular complexity index is 1310. The Balaban J connectivity index is 1.45. The highest BCUT2D eigenvalue weighted by atomic mass is 16.6. The van der Waals surface area contributed by atoms with Gasteiger partial charge in [-0.25, -0.2) is 9.78 Å². The molecule has 1 N–H and O–H groups in total. The van der Waals surface area contributed by atoms with E-state index in [9.17, 15) is 14.9 Å². The maximum atomic E-state index is 13.0. The lowest BCUT2D eigenvalue weighted by molar-refractivity contribution is -0.117. The van der Waals surface area contributed by atoms with E-state index in [1.54, 1.807) is 24.1 Å². The zero-order valence-corrected chi connectivity index (χ0v) is 24.3. The van der Waals surface area contributed by atoms with E-state index >= 15 is 0 Å². The number of anilines is 3. The molecule has 1 aromatic heterocycles. The molecular weight excluding hydrogens is 504 g/mol. The van der Waals surface area contributed by atoms with Gasteiger partial charge in [0.25, 0.3) is 0 Å². The highest BCUT2D eigenvalue weighted by Gasteiger charge is 2.47. The van der Waals surface area contributed by atoms with E-state index in [1.807, 2.05) is 31.7 Å². The number of amides is 2. The second-order valence-electron chi connectivity index (χ2n) is 12.5. The minimum atomic E-state index is -0.532. The number of ether oxygens (including phenoxy) is 1. The number of carbonyl (C=O) groups excluding carboxylic acids is 2. The fraction of sp³-hybridized carbons (Fsp3) is 0.548. The van der Waals surface area contributed by atoms with Crippen molar-refractivity contribution < 1.29 is 14.3 Å². The van der Waals surface area contributed by atoms with Crippen molar-refractivity contribution in [2.45, 2.75) is 78.1 Å². The van der Waals surface area contributed by atoms with Gasteiger partial charge in [-0.3, -0.25) is 4.79 Å². The van der Waals surface area contributed by atoms with Crippen molar-refractivity contribution in [2.24, 2.45) is 11.8 Å². The van der Waals surface area contributed by atoms with Gasteiger partial charge in [0.15, 0.2) is 0 Å². The Morgan fingerprint density at radius 1 is 1.12 bits per heavy atom. The topological polar surface area (TPSA) is 102 Å². The van der Waals surface area contributed by atoms with Gasteiger partial charge in [-0.05, 0) is 76.8 Å². The lowest BCUT2D eigenvalue weighted by Crippen LogP contribution is -2.55. The Labute approximate surface area is 237 Å². The summed E-state index contributed by atoms with van der Waals surface area (Å²) in [4.78, 5) is 36.4. The second kappa shape index (κ2) is 10.6. The van der Waals surface area contributed by atoms with Crippen LogP contribution < -0.4 is 15.1 Å². The van der Waals surface area contributed by atoms with E-state index in [0.717, 1.165) is 29.8 Å². The van der Waals surface area contributed by atoms with Gasteiger partial charge in [-0.15, -0.1) is 0 Å². The molecule has 0 bridgehead atoms. The van der Waals surface area contributed by atoms with Crippen LogP contribution in [0.5, 0.6) is 0 Å². The molecule has 5 rings (SSSR count). The van der Waals surface area contributed by atoms with E-state index in [1.165, 1.54) is 0 Å². The molecule has 9 heteroatoms. The summed E-state index contributed by atoms with van der Waals surface area (Å²) in [5, 5.41) is 12.8. The number of pyridine rings is 1. The molecule has 2 fully saturated rings.